The van der Waals surface area contributed by atoms with Crippen LogP contribution in [0, 0.1) is 6.92 Å². The lowest BCUT2D eigenvalue weighted by Gasteiger charge is -2.32. The predicted octanol–water partition coefficient (Wildman–Crippen LogP) is 2.34. The van der Waals surface area contributed by atoms with Crippen molar-refractivity contribution in [3.05, 3.63) is 47.0 Å². The maximum Gasteiger partial charge on any atom is 0.146 e. The second-order valence-electron chi connectivity index (χ2n) is 7.98. The first-order chi connectivity index (χ1) is 13.2. The van der Waals surface area contributed by atoms with E-state index in [1.54, 1.807) is 0 Å². The summed E-state index contributed by atoms with van der Waals surface area (Å²) in [5.41, 5.74) is 2.72. The van der Waals surface area contributed by atoms with E-state index in [0.29, 0.717) is 5.92 Å². The monoisotopic (exact) mass is 369 g/mol. The first-order valence-electron chi connectivity index (χ1n) is 10.2. The summed E-state index contributed by atoms with van der Waals surface area (Å²) in [7, 11) is 2.13. The van der Waals surface area contributed by atoms with Crippen molar-refractivity contribution in [3.63, 3.8) is 0 Å². The Hall–Kier alpha value is -1.76. The quantitative estimate of drug-likeness (QED) is 0.810. The SMILES string of the molecule is Cc1ccc(CN2CCCC(c3nnc(CN4CCOCC4)n3C)C2)cc1. The largest absolute Gasteiger partial charge is 0.379 e. The number of piperidine rings is 1. The molecule has 0 spiro atoms. The molecule has 2 fully saturated rings. The molecule has 0 radical (unpaired) electrons. The fraction of sp³-hybridized carbons (Fsp3) is 0.619. The van der Waals surface area contributed by atoms with E-state index in [2.05, 4.69) is 62.8 Å². The zero-order valence-corrected chi connectivity index (χ0v) is 16.6. The molecular weight excluding hydrogens is 338 g/mol. The molecule has 27 heavy (non-hydrogen) atoms. The molecule has 0 aliphatic carbocycles. The number of likely N-dealkylation sites (tertiary alicyclic amines) is 1. The van der Waals surface area contributed by atoms with Crippen LogP contribution in [-0.2, 0) is 24.9 Å². The minimum atomic E-state index is 0.472. The zero-order valence-electron chi connectivity index (χ0n) is 16.6. The van der Waals surface area contributed by atoms with E-state index >= 15 is 0 Å². The summed E-state index contributed by atoms with van der Waals surface area (Å²) in [5.74, 6) is 2.69. The van der Waals surface area contributed by atoms with Crippen molar-refractivity contribution in [2.24, 2.45) is 7.05 Å². The minimum Gasteiger partial charge on any atom is -0.379 e. The first kappa shape index (κ1) is 18.6. The molecule has 0 amide bonds. The predicted molar refractivity (Wildman–Crippen MR) is 106 cm³/mol. The second kappa shape index (κ2) is 8.50. The Bertz CT molecular complexity index is 736. The Morgan fingerprint density at radius 1 is 1.00 bits per heavy atom. The molecule has 1 unspecified atom stereocenters. The minimum absolute atomic E-state index is 0.472. The van der Waals surface area contributed by atoms with Gasteiger partial charge in [-0.2, -0.15) is 0 Å². The lowest BCUT2D eigenvalue weighted by atomic mass is 9.96. The third kappa shape index (κ3) is 4.57. The molecular formula is C21H31N5O. The molecule has 4 rings (SSSR count). The third-order valence-corrected chi connectivity index (χ3v) is 5.86. The van der Waals surface area contributed by atoms with Gasteiger partial charge in [0, 0.05) is 39.1 Å². The van der Waals surface area contributed by atoms with Crippen LogP contribution in [0.3, 0.4) is 0 Å². The van der Waals surface area contributed by atoms with Crippen molar-refractivity contribution < 1.29 is 4.74 Å². The highest BCUT2D eigenvalue weighted by molar-refractivity contribution is 5.21. The topological polar surface area (TPSA) is 46.4 Å². The van der Waals surface area contributed by atoms with E-state index in [9.17, 15) is 0 Å². The molecule has 0 N–H and O–H groups in total. The number of aromatic nitrogens is 3. The van der Waals surface area contributed by atoms with E-state index in [1.165, 1.54) is 30.5 Å². The molecule has 2 aromatic rings. The van der Waals surface area contributed by atoms with Gasteiger partial charge in [-0.1, -0.05) is 29.8 Å². The van der Waals surface area contributed by atoms with E-state index in [1.807, 2.05) is 0 Å². The molecule has 2 aliphatic heterocycles. The van der Waals surface area contributed by atoms with Crippen molar-refractivity contribution in [2.75, 3.05) is 39.4 Å². The number of hydrogen-bond donors (Lipinski definition) is 0. The molecule has 3 heterocycles. The van der Waals surface area contributed by atoms with Gasteiger partial charge in [-0.25, -0.2) is 0 Å². The number of morpholine rings is 1. The maximum atomic E-state index is 5.45. The highest BCUT2D eigenvalue weighted by Gasteiger charge is 2.26. The van der Waals surface area contributed by atoms with Crippen molar-refractivity contribution in [2.45, 2.75) is 38.8 Å². The summed E-state index contributed by atoms with van der Waals surface area (Å²) in [6.45, 7) is 9.87. The Balaban J connectivity index is 1.39. The Morgan fingerprint density at radius 3 is 2.56 bits per heavy atom. The van der Waals surface area contributed by atoms with E-state index in [-0.39, 0.29) is 0 Å². The van der Waals surface area contributed by atoms with Crippen LogP contribution in [0.1, 0.15) is 41.5 Å². The van der Waals surface area contributed by atoms with Gasteiger partial charge in [0.25, 0.3) is 0 Å². The summed E-state index contributed by atoms with van der Waals surface area (Å²) in [5, 5.41) is 9.10. The summed E-state index contributed by atoms with van der Waals surface area (Å²) in [6.07, 6.45) is 2.43. The molecule has 2 aliphatic rings. The fourth-order valence-corrected chi connectivity index (χ4v) is 4.19. The molecule has 6 nitrogen and oxygen atoms in total. The number of ether oxygens (including phenoxy) is 1. The second-order valence-corrected chi connectivity index (χ2v) is 7.98. The van der Waals surface area contributed by atoms with Crippen molar-refractivity contribution >= 4 is 0 Å². The standard InChI is InChI=1S/C21H31N5O/c1-17-5-7-18(8-6-17)14-26-9-3-4-19(15-26)21-23-22-20(24(21)2)16-25-10-12-27-13-11-25/h5-8,19H,3-4,9-16H2,1-2H3. The summed E-state index contributed by atoms with van der Waals surface area (Å²) >= 11 is 0. The summed E-state index contributed by atoms with van der Waals surface area (Å²) in [4.78, 5) is 4.97. The number of benzene rings is 1. The molecule has 1 atom stereocenters. The van der Waals surface area contributed by atoms with Gasteiger partial charge in [-0.15, -0.1) is 10.2 Å². The third-order valence-electron chi connectivity index (χ3n) is 5.86. The van der Waals surface area contributed by atoms with Gasteiger partial charge in [0.2, 0.25) is 0 Å². The molecule has 0 saturated carbocycles. The average molecular weight is 370 g/mol. The molecule has 2 saturated heterocycles. The fourth-order valence-electron chi connectivity index (χ4n) is 4.19. The Labute approximate surface area is 162 Å². The molecule has 1 aromatic carbocycles. The highest BCUT2D eigenvalue weighted by Crippen LogP contribution is 2.27. The van der Waals surface area contributed by atoms with Crippen LogP contribution in [-0.4, -0.2) is 64.0 Å². The maximum absolute atomic E-state index is 5.45. The van der Waals surface area contributed by atoms with Crippen LogP contribution < -0.4 is 0 Å². The van der Waals surface area contributed by atoms with Gasteiger partial charge in [0.15, 0.2) is 0 Å². The van der Waals surface area contributed by atoms with Crippen LogP contribution in [0.4, 0.5) is 0 Å². The zero-order chi connectivity index (χ0) is 18.6. The van der Waals surface area contributed by atoms with Crippen LogP contribution in [0.25, 0.3) is 0 Å². The number of rotatable bonds is 5. The number of hydrogen-bond acceptors (Lipinski definition) is 5. The smallest absolute Gasteiger partial charge is 0.146 e. The molecule has 146 valence electrons. The van der Waals surface area contributed by atoms with Gasteiger partial charge < -0.3 is 9.30 Å². The Morgan fingerprint density at radius 2 is 1.78 bits per heavy atom. The van der Waals surface area contributed by atoms with Crippen LogP contribution in [0.2, 0.25) is 0 Å². The van der Waals surface area contributed by atoms with Gasteiger partial charge in [-0.05, 0) is 31.9 Å². The van der Waals surface area contributed by atoms with E-state index < -0.39 is 0 Å². The molecule has 0 bridgehead atoms. The van der Waals surface area contributed by atoms with Crippen LogP contribution in [0.15, 0.2) is 24.3 Å². The number of nitrogens with zero attached hydrogens (tertiary/aromatic N) is 5. The first-order valence-corrected chi connectivity index (χ1v) is 10.2. The van der Waals surface area contributed by atoms with Crippen molar-refractivity contribution in [3.8, 4) is 0 Å². The van der Waals surface area contributed by atoms with Gasteiger partial charge in [0.05, 0.1) is 19.8 Å². The number of aryl methyl sites for hydroxylation is 1. The Kier molecular flexibility index (Phi) is 5.86. The van der Waals surface area contributed by atoms with E-state index in [0.717, 1.165) is 57.6 Å². The highest BCUT2D eigenvalue weighted by atomic mass is 16.5. The van der Waals surface area contributed by atoms with Gasteiger partial charge in [-0.3, -0.25) is 9.80 Å². The summed E-state index contributed by atoms with van der Waals surface area (Å²) < 4.78 is 7.68. The lowest BCUT2D eigenvalue weighted by Crippen LogP contribution is -2.36. The van der Waals surface area contributed by atoms with Crippen molar-refractivity contribution in [1.29, 1.82) is 0 Å². The van der Waals surface area contributed by atoms with Crippen molar-refractivity contribution in [1.82, 2.24) is 24.6 Å². The average Bonchev–Trinajstić information content (AvgIpc) is 3.05. The summed E-state index contributed by atoms with van der Waals surface area (Å²) in [6, 6.07) is 8.91. The van der Waals surface area contributed by atoms with Gasteiger partial charge in [0.1, 0.15) is 11.6 Å². The van der Waals surface area contributed by atoms with Crippen LogP contribution in [0.5, 0.6) is 0 Å². The van der Waals surface area contributed by atoms with Crippen LogP contribution >= 0.6 is 0 Å². The van der Waals surface area contributed by atoms with E-state index in [4.69, 9.17) is 4.74 Å². The molecule has 1 aromatic heterocycles. The molecule has 6 heteroatoms. The normalized spacial score (nSPS) is 22.2. The van der Waals surface area contributed by atoms with Gasteiger partial charge >= 0.3 is 0 Å². The lowest BCUT2D eigenvalue weighted by molar-refractivity contribution is 0.0326.